The number of rotatable bonds is 7. The number of aromatic nitrogens is 2. The Morgan fingerprint density at radius 2 is 1.63 bits per heavy atom. The Hall–Kier alpha value is -3.79. The molecule has 4 rings (SSSR count). The van der Waals surface area contributed by atoms with Crippen molar-refractivity contribution in [3.63, 3.8) is 0 Å². The Bertz CT molecular complexity index is 1350. The largest absolute Gasteiger partial charge is 0.493 e. The average Bonchev–Trinajstić information content (AvgIpc) is 3.26. The van der Waals surface area contributed by atoms with Gasteiger partial charge in [-0.1, -0.05) is 6.07 Å². The Morgan fingerprint density at radius 3 is 2.26 bits per heavy atom. The van der Waals surface area contributed by atoms with Crippen LogP contribution in [-0.4, -0.2) is 41.8 Å². The molecule has 1 atom stereocenters. The number of nitrogens with zero attached hydrogens (tertiary/aromatic N) is 2. The number of aryl methyl sites for hydroxylation is 1. The summed E-state index contributed by atoms with van der Waals surface area (Å²) < 4.78 is 67.7. The van der Waals surface area contributed by atoms with E-state index in [2.05, 4.69) is 10.4 Å². The predicted molar refractivity (Wildman–Crippen MR) is 124 cm³/mol. The number of hydrogen-bond donors (Lipinski definition) is 2. The van der Waals surface area contributed by atoms with Crippen LogP contribution in [0.3, 0.4) is 0 Å². The number of ether oxygens (including phenoxy) is 2. The van der Waals surface area contributed by atoms with E-state index < -0.39 is 24.1 Å². The first kappa shape index (κ1) is 24.3. The van der Waals surface area contributed by atoms with E-state index in [1.54, 1.807) is 13.0 Å². The molecule has 0 bridgehead atoms. The summed E-state index contributed by atoms with van der Waals surface area (Å²) in [6, 6.07) is 12.6. The zero-order valence-electron chi connectivity index (χ0n) is 19.2. The fraction of sp³-hybridized carbons (Fsp3) is 0.240. The lowest BCUT2D eigenvalue weighted by Gasteiger charge is -2.32. The van der Waals surface area contributed by atoms with Gasteiger partial charge in [0.2, 0.25) is 5.60 Å². The summed E-state index contributed by atoms with van der Waals surface area (Å²) in [6.45, 7) is 0.858. The number of aliphatic hydroxyl groups is 1. The fourth-order valence-corrected chi connectivity index (χ4v) is 3.84. The molecule has 3 aromatic carbocycles. The smallest absolute Gasteiger partial charge is 0.423 e. The summed E-state index contributed by atoms with van der Waals surface area (Å²) in [7, 11) is 2.88. The van der Waals surface area contributed by atoms with Crippen molar-refractivity contribution in [3.8, 4) is 17.2 Å². The van der Waals surface area contributed by atoms with E-state index >= 15 is 0 Å². The van der Waals surface area contributed by atoms with Crippen molar-refractivity contribution in [1.29, 1.82) is 0 Å². The monoisotopic (exact) mass is 489 g/mol. The van der Waals surface area contributed by atoms with E-state index in [0.717, 1.165) is 0 Å². The molecule has 0 aliphatic carbocycles. The molecule has 0 saturated heterocycles. The molecule has 6 nitrogen and oxygen atoms in total. The molecule has 4 aromatic rings. The molecule has 0 saturated carbocycles. The van der Waals surface area contributed by atoms with Crippen LogP contribution in [0.4, 0.5) is 23.2 Å². The van der Waals surface area contributed by atoms with Gasteiger partial charge in [0.25, 0.3) is 0 Å². The first-order chi connectivity index (χ1) is 16.6. The van der Waals surface area contributed by atoms with Gasteiger partial charge in [0, 0.05) is 17.1 Å². The highest BCUT2D eigenvalue weighted by atomic mass is 19.4. The van der Waals surface area contributed by atoms with E-state index in [-0.39, 0.29) is 5.56 Å². The summed E-state index contributed by atoms with van der Waals surface area (Å²) in [5.41, 5.74) is -1.52. The minimum atomic E-state index is -4.98. The van der Waals surface area contributed by atoms with Gasteiger partial charge in [-0.2, -0.15) is 18.3 Å². The Morgan fingerprint density at radius 1 is 0.971 bits per heavy atom. The third-order valence-electron chi connectivity index (χ3n) is 5.85. The van der Waals surface area contributed by atoms with Gasteiger partial charge in [-0.25, -0.2) is 9.07 Å². The zero-order valence-corrected chi connectivity index (χ0v) is 19.2. The number of nitrogens with one attached hydrogen (secondary N) is 1. The maximum Gasteiger partial charge on any atom is 0.423 e. The van der Waals surface area contributed by atoms with Crippen LogP contribution in [-0.2, 0) is 5.60 Å². The number of hydrogen-bond acceptors (Lipinski definition) is 5. The molecule has 1 heterocycles. The number of alkyl halides is 3. The van der Waals surface area contributed by atoms with Crippen LogP contribution < -0.4 is 14.8 Å². The molecule has 0 aliphatic heterocycles. The zero-order chi connectivity index (χ0) is 25.4. The van der Waals surface area contributed by atoms with E-state index in [0.29, 0.717) is 39.3 Å². The molecule has 184 valence electrons. The fourth-order valence-electron chi connectivity index (χ4n) is 3.84. The number of fused-ring (bicyclic) bond motifs is 1. The molecule has 10 heteroatoms. The van der Waals surface area contributed by atoms with Crippen molar-refractivity contribution in [2.24, 2.45) is 0 Å². The van der Waals surface area contributed by atoms with Crippen molar-refractivity contribution < 1.29 is 32.1 Å². The van der Waals surface area contributed by atoms with Crippen LogP contribution in [0.2, 0.25) is 0 Å². The van der Waals surface area contributed by atoms with Crippen LogP contribution in [0, 0.1) is 12.7 Å². The van der Waals surface area contributed by atoms with Crippen molar-refractivity contribution in [2.75, 3.05) is 26.1 Å². The Balaban J connectivity index is 1.69. The van der Waals surface area contributed by atoms with E-state index in [1.165, 1.54) is 73.6 Å². The molecule has 0 spiro atoms. The third-order valence-corrected chi connectivity index (χ3v) is 5.85. The minimum Gasteiger partial charge on any atom is -0.493 e. The molecular formula is C25H23F4N3O3. The number of anilines is 1. The number of benzene rings is 3. The molecule has 1 unspecified atom stereocenters. The van der Waals surface area contributed by atoms with Gasteiger partial charge in [0.15, 0.2) is 11.5 Å². The van der Waals surface area contributed by atoms with Gasteiger partial charge in [-0.3, -0.25) is 0 Å². The van der Waals surface area contributed by atoms with Crippen molar-refractivity contribution in [2.45, 2.75) is 18.7 Å². The molecule has 0 aliphatic rings. The Labute approximate surface area is 198 Å². The first-order valence-corrected chi connectivity index (χ1v) is 10.6. The van der Waals surface area contributed by atoms with E-state index in [9.17, 15) is 22.7 Å². The second-order valence-electron chi connectivity index (χ2n) is 8.04. The van der Waals surface area contributed by atoms with Gasteiger partial charge in [-0.15, -0.1) is 0 Å². The molecule has 0 fully saturated rings. The van der Waals surface area contributed by atoms with Crippen molar-refractivity contribution in [3.05, 3.63) is 77.7 Å². The highest BCUT2D eigenvalue weighted by Crippen LogP contribution is 2.41. The predicted octanol–water partition coefficient (Wildman–Crippen LogP) is 5.35. The van der Waals surface area contributed by atoms with Gasteiger partial charge in [0.05, 0.1) is 38.2 Å². The van der Waals surface area contributed by atoms with Gasteiger partial charge >= 0.3 is 6.18 Å². The maximum absolute atomic E-state index is 14.2. The molecular weight excluding hydrogens is 466 g/mol. The second kappa shape index (κ2) is 9.10. The summed E-state index contributed by atoms with van der Waals surface area (Å²) >= 11 is 0. The highest BCUT2D eigenvalue weighted by Gasteiger charge is 2.55. The lowest BCUT2D eigenvalue weighted by Crippen LogP contribution is -2.47. The Kier molecular flexibility index (Phi) is 6.33. The number of methoxy groups -OCH3 is 2. The van der Waals surface area contributed by atoms with E-state index in [1.807, 2.05) is 0 Å². The third kappa shape index (κ3) is 4.49. The summed E-state index contributed by atoms with van der Waals surface area (Å²) in [4.78, 5) is 0. The average molecular weight is 489 g/mol. The SMILES string of the molecule is COc1cc(C)c(NCC(O)(c2ccc3c(cnn3-c3ccc(F)cc3)c2)C(F)(F)F)cc1OC. The van der Waals surface area contributed by atoms with Crippen LogP contribution in [0.5, 0.6) is 11.5 Å². The van der Waals surface area contributed by atoms with Gasteiger partial charge in [-0.05, 0) is 60.5 Å². The van der Waals surface area contributed by atoms with Crippen molar-refractivity contribution >= 4 is 16.6 Å². The number of halogens is 4. The van der Waals surface area contributed by atoms with Gasteiger partial charge in [0.1, 0.15) is 5.82 Å². The summed E-state index contributed by atoms with van der Waals surface area (Å²) in [5, 5.41) is 18.2. The molecule has 35 heavy (non-hydrogen) atoms. The van der Waals surface area contributed by atoms with Crippen molar-refractivity contribution in [1.82, 2.24) is 9.78 Å². The first-order valence-electron chi connectivity index (χ1n) is 10.6. The molecule has 1 aromatic heterocycles. The summed E-state index contributed by atoms with van der Waals surface area (Å²) in [6.07, 6.45) is -3.59. The standard InChI is InChI=1S/C25H23F4N3O3/c1-15-10-22(34-2)23(35-3)12-20(15)30-14-24(33,25(27,28)29)17-4-9-21-16(11-17)13-31-32(21)19-7-5-18(26)6-8-19/h4-13,30,33H,14H2,1-3H3. The molecule has 2 N–H and O–H groups in total. The lowest BCUT2D eigenvalue weighted by atomic mass is 9.91. The van der Waals surface area contributed by atoms with Crippen LogP contribution >= 0.6 is 0 Å². The topological polar surface area (TPSA) is 68.5 Å². The normalized spacial score (nSPS) is 13.5. The van der Waals surface area contributed by atoms with Gasteiger partial charge < -0.3 is 19.9 Å². The maximum atomic E-state index is 14.2. The van der Waals surface area contributed by atoms with Crippen LogP contribution in [0.25, 0.3) is 16.6 Å². The highest BCUT2D eigenvalue weighted by molar-refractivity contribution is 5.81. The summed E-state index contributed by atoms with van der Waals surface area (Å²) in [5.74, 6) is 0.357. The molecule has 0 amide bonds. The minimum absolute atomic E-state index is 0.339. The second-order valence-corrected chi connectivity index (χ2v) is 8.04. The lowest BCUT2D eigenvalue weighted by molar-refractivity contribution is -0.260. The molecule has 0 radical (unpaired) electrons. The van der Waals surface area contributed by atoms with E-state index in [4.69, 9.17) is 9.47 Å². The van der Waals surface area contributed by atoms with Crippen LogP contribution in [0.1, 0.15) is 11.1 Å². The van der Waals surface area contributed by atoms with Crippen LogP contribution in [0.15, 0.2) is 60.8 Å². The quantitative estimate of drug-likeness (QED) is 0.343.